The molecule has 1 heterocycles. The molecule has 1 aromatic heterocycles. The fraction of sp³-hybridized carbons (Fsp3) is 0.400. The van der Waals surface area contributed by atoms with Gasteiger partial charge in [0.05, 0.1) is 0 Å². The largest absolute Gasteiger partial charge is 0.316 e. The predicted octanol–water partition coefficient (Wildman–Crippen LogP) is 2.34. The molecular weight excluding hydrogens is 194 g/mol. The van der Waals surface area contributed by atoms with Crippen molar-refractivity contribution in [1.29, 1.82) is 0 Å². The van der Waals surface area contributed by atoms with Gasteiger partial charge in [0.25, 0.3) is 0 Å². The van der Waals surface area contributed by atoms with Gasteiger partial charge in [-0.25, -0.2) is 0 Å². The van der Waals surface area contributed by atoms with E-state index in [2.05, 4.69) is 33.7 Å². The Bertz CT molecular complexity index is 405. The summed E-state index contributed by atoms with van der Waals surface area (Å²) in [7, 11) is 0. The first-order valence-corrected chi connectivity index (χ1v) is 5.34. The molecular formula is C10H15N3S. The van der Waals surface area contributed by atoms with E-state index < -0.39 is 0 Å². The summed E-state index contributed by atoms with van der Waals surface area (Å²) in [4.78, 5) is 0.920. The Morgan fingerprint density at radius 1 is 1.64 bits per heavy atom. The molecule has 0 saturated heterocycles. The highest BCUT2D eigenvalue weighted by atomic mass is 32.1. The number of hydrogen-bond acceptors (Lipinski definition) is 3. The van der Waals surface area contributed by atoms with Crippen molar-refractivity contribution in [1.82, 2.24) is 4.57 Å². The first-order chi connectivity index (χ1) is 6.65. The molecule has 3 nitrogen and oxygen atoms in total. The predicted molar refractivity (Wildman–Crippen MR) is 61.6 cm³/mol. The van der Waals surface area contributed by atoms with Crippen molar-refractivity contribution < 1.29 is 0 Å². The minimum atomic E-state index is 0.784. The van der Waals surface area contributed by atoms with E-state index in [-0.39, 0.29) is 0 Å². The standard InChI is InChI=1S/C10H15N3S/c1-5-6-13-9(4)7-14-10(13)12-11-8(2)3/h5,7H,1,6H2,2-4H3/b12-10-. The maximum atomic E-state index is 4.17. The van der Waals surface area contributed by atoms with Crippen LogP contribution in [-0.2, 0) is 6.54 Å². The highest BCUT2D eigenvalue weighted by Crippen LogP contribution is 1.99. The van der Waals surface area contributed by atoms with Gasteiger partial charge in [-0.15, -0.1) is 23.0 Å². The van der Waals surface area contributed by atoms with Crippen molar-refractivity contribution in [3.05, 3.63) is 28.5 Å². The molecule has 1 rings (SSSR count). The van der Waals surface area contributed by atoms with Crippen LogP contribution in [-0.4, -0.2) is 10.3 Å². The lowest BCUT2D eigenvalue weighted by Gasteiger charge is -1.99. The molecule has 0 aliphatic heterocycles. The number of aromatic nitrogens is 1. The van der Waals surface area contributed by atoms with Crippen molar-refractivity contribution >= 4 is 17.0 Å². The van der Waals surface area contributed by atoms with E-state index in [0.29, 0.717) is 0 Å². The zero-order valence-electron chi connectivity index (χ0n) is 8.82. The molecule has 0 radical (unpaired) electrons. The van der Waals surface area contributed by atoms with Crippen molar-refractivity contribution in [2.24, 2.45) is 10.2 Å². The summed E-state index contributed by atoms with van der Waals surface area (Å²) in [5, 5.41) is 10.3. The van der Waals surface area contributed by atoms with E-state index >= 15 is 0 Å². The molecule has 0 aliphatic rings. The van der Waals surface area contributed by atoms with E-state index in [4.69, 9.17) is 0 Å². The second-order valence-corrected chi connectivity index (χ2v) is 4.04. The number of hydrogen-bond donors (Lipinski definition) is 0. The smallest absolute Gasteiger partial charge is 0.211 e. The lowest BCUT2D eigenvalue weighted by molar-refractivity contribution is 0.752. The van der Waals surface area contributed by atoms with Crippen LogP contribution in [0.4, 0.5) is 0 Å². The van der Waals surface area contributed by atoms with Crippen LogP contribution in [0.5, 0.6) is 0 Å². The maximum absolute atomic E-state index is 4.17. The van der Waals surface area contributed by atoms with Gasteiger partial charge in [0.1, 0.15) is 0 Å². The van der Waals surface area contributed by atoms with Crippen LogP contribution in [0.1, 0.15) is 19.5 Å². The molecule has 0 N–H and O–H groups in total. The van der Waals surface area contributed by atoms with Crippen molar-refractivity contribution in [2.45, 2.75) is 27.3 Å². The van der Waals surface area contributed by atoms with Crippen LogP contribution >= 0.6 is 11.3 Å². The Hall–Kier alpha value is -1.16. The van der Waals surface area contributed by atoms with Gasteiger partial charge in [-0.1, -0.05) is 6.08 Å². The van der Waals surface area contributed by atoms with E-state index in [1.165, 1.54) is 5.69 Å². The van der Waals surface area contributed by atoms with Gasteiger partial charge >= 0.3 is 0 Å². The summed E-state index contributed by atoms with van der Waals surface area (Å²) >= 11 is 1.60. The van der Waals surface area contributed by atoms with E-state index in [9.17, 15) is 0 Å². The average Bonchev–Trinajstić information content (AvgIpc) is 2.46. The number of allylic oxidation sites excluding steroid dienone is 1. The topological polar surface area (TPSA) is 29.6 Å². The van der Waals surface area contributed by atoms with Crippen molar-refractivity contribution in [3.8, 4) is 0 Å². The maximum Gasteiger partial charge on any atom is 0.211 e. The third kappa shape index (κ3) is 2.67. The molecule has 0 atom stereocenters. The van der Waals surface area contributed by atoms with Crippen molar-refractivity contribution in [2.75, 3.05) is 0 Å². The highest BCUT2D eigenvalue weighted by molar-refractivity contribution is 7.07. The third-order valence-corrected chi connectivity index (χ3v) is 2.61. The average molecular weight is 209 g/mol. The number of aryl methyl sites for hydroxylation is 1. The minimum absolute atomic E-state index is 0.784. The van der Waals surface area contributed by atoms with Crippen LogP contribution in [0, 0.1) is 6.92 Å². The van der Waals surface area contributed by atoms with Gasteiger partial charge in [0.15, 0.2) is 0 Å². The summed E-state index contributed by atoms with van der Waals surface area (Å²) in [5.41, 5.74) is 2.15. The van der Waals surface area contributed by atoms with E-state index in [1.54, 1.807) is 11.3 Å². The van der Waals surface area contributed by atoms with Crippen LogP contribution < -0.4 is 4.80 Å². The first kappa shape index (κ1) is 10.9. The molecule has 76 valence electrons. The molecule has 0 saturated carbocycles. The molecule has 0 aromatic carbocycles. The monoisotopic (exact) mass is 209 g/mol. The second-order valence-electron chi connectivity index (χ2n) is 3.21. The molecule has 0 spiro atoms. The summed E-state index contributed by atoms with van der Waals surface area (Å²) in [6.07, 6.45) is 1.86. The quantitative estimate of drug-likeness (QED) is 0.415. The summed E-state index contributed by atoms with van der Waals surface area (Å²) in [6.45, 7) is 10.4. The Morgan fingerprint density at radius 3 is 2.93 bits per heavy atom. The summed E-state index contributed by atoms with van der Waals surface area (Å²) in [5.74, 6) is 0. The Balaban J connectivity index is 3.14. The number of thiazole rings is 1. The number of nitrogens with zero attached hydrogens (tertiary/aromatic N) is 3. The van der Waals surface area contributed by atoms with Crippen LogP contribution in [0.25, 0.3) is 0 Å². The van der Waals surface area contributed by atoms with Gasteiger partial charge < -0.3 is 4.57 Å². The summed E-state index contributed by atoms with van der Waals surface area (Å²) < 4.78 is 2.09. The minimum Gasteiger partial charge on any atom is -0.316 e. The third-order valence-electron chi connectivity index (χ3n) is 1.64. The molecule has 4 heteroatoms. The normalized spacial score (nSPS) is 11.5. The number of rotatable bonds is 3. The SMILES string of the molecule is C=CCn1c(C)cs/c1=N\N=C(C)C. The van der Waals surface area contributed by atoms with Crippen molar-refractivity contribution in [3.63, 3.8) is 0 Å². The fourth-order valence-corrected chi connectivity index (χ4v) is 1.82. The molecule has 0 unspecified atom stereocenters. The van der Waals surface area contributed by atoms with Gasteiger partial charge in [-0.2, -0.15) is 5.10 Å². The van der Waals surface area contributed by atoms with Gasteiger partial charge in [0, 0.05) is 23.3 Å². The zero-order valence-corrected chi connectivity index (χ0v) is 9.64. The Morgan fingerprint density at radius 2 is 2.36 bits per heavy atom. The summed E-state index contributed by atoms with van der Waals surface area (Å²) in [6, 6.07) is 0. The Kier molecular flexibility index (Phi) is 3.83. The highest BCUT2D eigenvalue weighted by Gasteiger charge is 1.97. The Labute approximate surface area is 88.1 Å². The molecule has 14 heavy (non-hydrogen) atoms. The van der Waals surface area contributed by atoms with Gasteiger partial charge in [0.2, 0.25) is 4.80 Å². The van der Waals surface area contributed by atoms with Gasteiger partial charge in [-0.3, -0.25) is 0 Å². The lowest BCUT2D eigenvalue weighted by Crippen LogP contribution is -2.14. The van der Waals surface area contributed by atoms with E-state index in [1.807, 2.05) is 19.9 Å². The molecule has 0 aliphatic carbocycles. The first-order valence-electron chi connectivity index (χ1n) is 4.46. The van der Waals surface area contributed by atoms with E-state index in [0.717, 1.165) is 17.1 Å². The van der Waals surface area contributed by atoms with Crippen LogP contribution in [0.2, 0.25) is 0 Å². The molecule has 0 fully saturated rings. The zero-order chi connectivity index (χ0) is 10.6. The molecule has 1 aromatic rings. The van der Waals surface area contributed by atoms with Crippen LogP contribution in [0.15, 0.2) is 28.2 Å². The molecule has 0 bridgehead atoms. The molecule has 0 amide bonds. The van der Waals surface area contributed by atoms with Gasteiger partial charge in [-0.05, 0) is 20.8 Å². The fourth-order valence-electron chi connectivity index (χ4n) is 0.988. The lowest BCUT2D eigenvalue weighted by atomic mass is 10.5. The van der Waals surface area contributed by atoms with Crippen LogP contribution in [0.3, 0.4) is 0 Å². The second kappa shape index (κ2) is 4.91.